The van der Waals surface area contributed by atoms with Crippen molar-refractivity contribution >= 4 is 17.4 Å². The number of nitrogens with zero attached hydrogens (tertiary/aromatic N) is 2. The molecule has 0 unspecified atom stereocenters. The van der Waals surface area contributed by atoms with E-state index < -0.39 is 17.7 Å². The van der Waals surface area contributed by atoms with E-state index in [0.717, 1.165) is 26.1 Å². The molecule has 220 valence electrons. The molecular weight excluding hydrogens is 528 g/mol. The summed E-state index contributed by atoms with van der Waals surface area (Å²) in [5, 5.41) is 11.5. The van der Waals surface area contributed by atoms with Crippen molar-refractivity contribution in [1.82, 2.24) is 9.80 Å². The Labute approximate surface area is 240 Å². The Hall–Kier alpha value is -3.76. The summed E-state index contributed by atoms with van der Waals surface area (Å²) in [5.74, 6) is 0.540. The van der Waals surface area contributed by atoms with Crippen LogP contribution in [-0.2, 0) is 14.3 Å². The first-order valence-electron chi connectivity index (χ1n) is 14.4. The SMILES string of the molecule is CCCOc1ccc([C@H]2C(=C(O)c3ccc4c(c3)OCCO4)C(=O)C(=O)N2CCCN2CCOCC2)cc1OCC. The second kappa shape index (κ2) is 13.3. The van der Waals surface area contributed by atoms with E-state index in [2.05, 4.69) is 4.90 Å². The largest absolute Gasteiger partial charge is 0.507 e. The zero-order chi connectivity index (χ0) is 28.8. The summed E-state index contributed by atoms with van der Waals surface area (Å²) in [7, 11) is 0. The average Bonchev–Trinajstić information content (AvgIpc) is 3.25. The van der Waals surface area contributed by atoms with Gasteiger partial charge in [-0.25, -0.2) is 0 Å². The van der Waals surface area contributed by atoms with Gasteiger partial charge in [-0.1, -0.05) is 13.0 Å². The lowest BCUT2D eigenvalue weighted by Crippen LogP contribution is -2.39. The van der Waals surface area contributed by atoms with Crippen LogP contribution in [0.25, 0.3) is 5.76 Å². The number of aliphatic hydroxyl groups is 1. The van der Waals surface area contributed by atoms with E-state index in [9.17, 15) is 14.7 Å². The summed E-state index contributed by atoms with van der Waals surface area (Å²) >= 11 is 0. The van der Waals surface area contributed by atoms with E-state index in [-0.39, 0.29) is 11.3 Å². The quantitative estimate of drug-likeness (QED) is 0.247. The lowest BCUT2D eigenvalue weighted by Gasteiger charge is -2.29. The monoisotopic (exact) mass is 566 g/mol. The molecule has 0 saturated carbocycles. The van der Waals surface area contributed by atoms with Crippen LogP contribution in [0, 0.1) is 0 Å². The molecule has 0 spiro atoms. The molecule has 10 heteroatoms. The highest BCUT2D eigenvalue weighted by molar-refractivity contribution is 6.46. The van der Waals surface area contributed by atoms with Crippen LogP contribution in [-0.4, -0.2) is 92.4 Å². The van der Waals surface area contributed by atoms with Gasteiger partial charge in [0, 0.05) is 31.7 Å². The molecule has 0 aliphatic carbocycles. The average molecular weight is 567 g/mol. The molecule has 1 N–H and O–H groups in total. The maximum absolute atomic E-state index is 13.5. The van der Waals surface area contributed by atoms with Crippen LogP contribution in [0.1, 0.15) is 43.9 Å². The first-order valence-corrected chi connectivity index (χ1v) is 14.4. The van der Waals surface area contributed by atoms with Gasteiger partial charge < -0.3 is 33.7 Å². The molecule has 2 aromatic carbocycles. The number of carbonyl (C=O) groups excluding carboxylic acids is 2. The summed E-state index contributed by atoms with van der Waals surface area (Å²) in [6.07, 6.45) is 1.51. The Morgan fingerprint density at radius 3 is 2.46 bits per heavy atom. The predicted octanol–water partition coefficient (Wildman–Crippen LogP) is 3.79. The number of hydrogen-bond donors (Lipinski definition) is 1. The third kappa shape index (κ3) is 6.28. The van der Waals surface area contributed by atoms with Crippen LogP contribution < -0.4 is 18.9 Å². The van der Waals surface area contributed by atoms with Gasteiger partial charge in [0.2, 0.25) is 0 Å². The zero-order valence-electron chi connectivity index (χ0n) is 23.7. The zero-order valence-corrected chi connectivity index (χ0v) is 23.7. The highest BCUT2D eigenvalue weighted by atomic mass is 16.6. The number of benzene rings is 2. The van der Waals surface area contributed by atoms with E-state index in [0.29, 0.717) is 86.7 Å². The third-order valence-corrected chi connectivity index (χ3v) is 7.38. The first kappa shape index (κ1) is 28.8. The Morgan fingerprint density at radius 1 is 0.927 bits per heavy atom. The van der Waals surface area contributed by atoms with Crippen LogP contribution in [0.5, 0.6) is 23.0 Å². The Balaban J connectivity index is 1.52. The van der Waals surface area contributed by atoms with Crippen molar-refractivity contribution in [3.8, 4) is 23.0 Å². The lowest BCUT2D eigenvalue weighted by molar-refractivity contribution is -0.140. The molecule has 1 amide bonds. The summed E-state index contributed by atoms with van der Waals surface area (Å²) < 4.78 is 28.5. The van der Waals surface area contributed by atoms with Crippen molar-refractivity contribution in [1.29, 1.82) is 0 Å². The molecule has 3 heterocycles. The summed E-state index contributed by atoms with van der Waals surface area (Å²) in [6.45, 7) is 9.86. The minimum absolute atomic E-state index is 0.0303. The summed E-state index contributed by atoms with van der Waals surface area (Å²) in [5.41, 5.74) is 1.06. The summed E-state index contributed by atoms with van der Waals surface area (Å²) in [6, 6.07) is 9.64. The molecule has 41 heavy (non-hydrogen) atoms. The van der Waals surface area contributed by atoms with E-state index in [4.69, 9.17) is 23.7 Å². The van der Waals surface area contributed by atoms with Crippen LogP contribution in [0.2, 0.25) is 0 Å². The van der Waals surface area contributed by atoms with E-state index >= 15 is 0 Å². The second-order valence-electron chi connectivity index (χ2n) is 10.1. The standard InChI is InChI=1S/C31H38N2O8/c1-3-14-39-23-8-6-21(19-25(23)38-4-2)28-27(29(34)22-7-9-24-26(20-22)41-18-17-40-24)30(35)31(36)33(28)11-5-10-32-12-15-37-16-13-32/h6-9,19-20,28,34H,3-5,10-18H2,1-2H3/t28-/m0/s1. The van der Waals surface area contributed by atoms with Crippen molar-refractivity contribution in [2.24, 2.45) is 0 Å². The fraction of sp³-hybridized carbons (Fsp3) is 0.484. The molecule has 2 fully saturated rings. The minimum atomic E-state index is -0.799. The maximum Gasteiger partial charge on any atom is 0.295 e. The first-order chi connectivity index (χ1) is 20.0. The van der Waals surface area contributed by atoms with Crippen LogP contribution in [0.4, 0.5) is 0 Å². The number of ketones is 1. The number of rotatable bonds is 11. The fourth-order valence-electron chi connectivity index (χ4n) is 5.39. The molecule has 0 bridgehead atoms. The molecule has 0 radical (unpaired) electrons. The molecule has 5 rings (SSSR count). The summed E-state index contributed by atoms with van der Waals surface area (Å²) in [4.78, 5) is 30.9. The number of morpholine rings is 1. The third-order valence-electron chi connectivity index (χ3n) is 7.38. The number of amides is 1. The van der Waals surface area contributed by atoms with Gasteiger partial charge in [0.1, 0.15) is 19.0 Å². The van der Waals surface area contributed by atoms with Crippen molar-refractivity contribution in [3.63, 3.8) is 0 Å². The molecule has 3 aliphatic heterocycles. The predicted molar refractivity (Wildman–Crippen MR) is 152 cm³/mol. The van der Waals surface area contributed by atoms with E-state index in [1.807, 2.05) is 19.9 Å². The maximum atomic E-state index is 13.5. The highest BCUT2D eigenvalue weighted by Crippen LogP contribution is 2.43. The molecule has 1 atom stereocenters. The van der Waals surface area contributed by atoms with Gasteiger partial charge in [-0.15, -0.1) is 0 Å². The van der Waals surface area contributed by atoms with Crippen LogP contribution in [0.3, 0.4) is 0 Å². The number of hydrogen-bond acceptors (Lipinski definition) is 9. The fourth-order valence-corrected chi connectivity index (χ4v) is 5.39. The van der Waals surface area contributed by atoms with E-state index in [1.54, 1.807) is 35.2 Å². The number of likely N-dealkylation sites (tertiary alicyclic amines) is 1. The lowest BCUT2D eigenvalue weighted by atomic mass is 9.94. The Kier molecular flexibility index (Phi) is 9.31. The molecule has 2 aromatic rings. The Bertz CT molecular complexity index is 1290. The second-order valence-corrected chi connectivity index (χ2v) is 10.1. The number of ether oxygens (including phenoxy) is 5. The number of aliphatic hydroxyl groups excluding tert-OH is 1. The van der Waals surface area contributed by atoms with Crippen LogP contribution in [0.15, 0.2) is 42.0 Å². The molecular formula is C31H38N2O8. The van der Waals surface area contributed by atoms with Crippen molar-refractivity contribution in [3.05, 3.63) is 53.1 Å². The van der Waals surface area contributed by atoms with Crippen molar-refractivity contribution in [2.75, 3.05) is 65.8 Å². The van der Waals surface area contributed by atoms with Crippen LogP contribution >= 0.6 is 0 Å². The number of fused-ring (bicyclic) bond motifs is 1. The smallest absolute Gasteiger partial charge is 0.295 e. The molecule has 2 saturated heterocycles. The number of carbonyl (C=O) groups is 2. The normalized spacial score (nSPS) is 20.3. The van der Waals surface area contributed by atoms with Gasteiger partial charge in [-0.3, -0.25) is 14.5 Å². The molecule has 0 aromatic heterocycles. The van der Waals surface area contributed by atoms with Gasteiger partial charge in [-0.2, -0.15) is 0 Å². The number of Topliss-reactive ketones (excluding diaryl/α,β-unsaturated/α-hetero) is 1. The van der Waals surface area contributed by atoms with Gasteiger partial charge in [0.25, 0.3) is 11.7 Å². The van der Waals surface area contributed by atoms with Gasteiger partial charge in [0.15, 0.2) is 23.0 Å². The van der Waals surface area contributed by atoms with Gasteiger partial charge in [-0.05, 0) is 55.7 Å². The van der Waals surface area contributed by atoms with Crippen molar-refractivity contribution in [2.45, 2.75) is 32.7 Å². The molecule has 3 aliphatic rings. The Morgan fingerprint density at radius 2 is 1.71 bits per heavy atom. The topological polar surface area (TPSA) is 107 Å². The highest BCUT2D eigenvalue weighted by Gasteiger charge is 2.46. The van der Waals surface area contributed by atoms with Gasteiger partial charge >= 0.3 is 0 Å². The molecule has 10 nitrogen and oxygen atoms in total. The van der Waals surface area contributed by atoms with E-state index in [1.165, 1.54) is 0 Å². The van der Waals surface area contributed by atoms with Gasteiger partial charge in [0.05, 0.1) is 38.0 Å². The minimum Gasteiger partial charge on any atom is -0.507 e. The van der Waals surface area contributed by atoms with Crippen molar-refractivity contribution < 1.29 is 38.4 Å².